The lowest BCUT2D eigenvalue weighted by Gasteiger charge is -2.35. The van der Waals surface area contributed by atoms with Crippen LogP contribution in [0.25, 0.3) is 0 Å². The monoisotopic (exact) mass is 395 g/mol. The van der Waals surface area contributed by atoms with Crippen molar-refractivity contribution in [3.05, 3.63) is 42.1 Å². The molecule has 2 aromatic rings. The molecule has 0 unspecified atom stereocenters. The van der Waals surface area contributed by atoms with Gasteiger partial charge in [0.15, 0.2) is 0 Å². The minimum absolute atomic E-state index is 0.0550. The molecule has 4 rings (SSSR count). The molecule has 6 nitrogen and oxygen atoms in total. The number of aromatic nitrogens is 2. The van der Waals surface area contributed by atoms with Crippen molar-refractivity contribution in [1.29, 1.82) is 0 Å². The Bertz CT molecular complexity index is 803. The first-order valence-corrected chi connectivity index (χ1v) is 11.0. The van der Waals surface area contributed by atoms with Crippen LogP contribution in [0, 0.1) is 12.8 Å². The number of rotatable bonds is 6. The van der Waals surface area contributed by atoms with Crippen molar-refractivity contribution in [2.24, 2.45) is 5.92 Å². The van der Waals surface area contributed by atoms with Crippen molar-refractivity contribution < 1.29 is 4.79 Å². The third kappa shape index (κ3) is 5.38. The van der Waals surface area contributed by atoms with Crippen LogP contribution in [0.3, 0.4) is 0 Å². The van der Waals surface area contributed by atoms with Gasteiger partial charge in [0, 0.05) is 44.5 Å². The Labute approximate surface area is 173 Å². The Morgan fingerprint density at radius 1 is 1.10 bits per heavy atom. The van der Waals surface area contributed by atoms with Gasteiger partial charge in [0.2, 0.25) is 5.91 Å². The average Bonchev–Trinajstić information content (AvgIpc) is 3.15. The smallest absolute Gasteiger partial charge is 0.239 e. The molecule has 1 saturated heterocycles. The van der Waals surface area contributed by atoms with Crippen molar-refractivity contribution in [2.75, 3.05) is 42.9 Å². The zero-order valence-corrected chi connectivity index (χ0v) is 17.5. The molecule has 29 heavy (non-hydrogen) atoms. The van der Waals surface area contributed by atoms with Crippen LogP contribution in [0.1, 0.15) is 37.7 Å². The van der Waals surface area contributed by atoms with Crippen LogP contribution in [0.4, 0.5) is 11.5 Å². The molecule has 0 spiro atoms. The predicted octanol–water partition coefficient (Wildman–Crippen LogP) is 3.53. The van der Waals surface area contributed by atoms with E-state index in [1.54, 1.807) is 6.20 Å². The summed E-state index contributed by atoms with van der Waals surface area (Å²) in [6, 6.07) is 10.6. The SMILES string of the molecule is Cc1cccc(N2CCN(CC(=O)Nc3ccnn3CC3CCCCC3)CC2)c1. The van der Waals surface area contributed by atoms with Gasteiger partial charge in [-0.1, -0.05) is 31.4 Å². The van der Waals surface area contributed by atoms with Crippen molar-refractivity contribution >= 4 is 17.4 Å². The van der Waals surface area contributed by atoms with Gasteiger partial charge in [0.1, 0.15) is 5.82 Å². The standard InChI is InChI=1S/C23H33N5O/c1-19-6-5-9-21(16-19)27-14-12-26(13-15-27)18-23(29)25-22-10-11-24-28(22)17-20-7-3-2-4-8-20/h5-6,9-11,16,20H,2-4,7-8,12-15,17-18H2,1H3,(H,25,29). The average molecular weight is 396 g/mol. The normalized spacial score (nSPS) is 18.7. The Morgan fingerprint density at radius 3 is 2.66 bits per heavy atom. The summed E-state index contributed by atoms with van der Waals surface area (Å²) in [5, 5.41) is 7.53. The van der Waals surface area contributed by atoms with Gasteiger partial charge < -0.3 is 10.2 Å². The minimum atomic E-state index is 0.0550. The predicted molar refractivity (Wildman–Crippen MR) is 117 cm³/mol. The minimum Gasteiger partial charge on any atom is -0.369 e. The Balaban J connectivity index is 1.25. The number of nitrogens with zero attached hydrogens (tertiary/aromatic N) is 4. The molecular weight excluding hydrogens is 362 g/mol. The van der Waals surface area contributed by atoms with Crippen LogP contribution in [-0.2, 0) is 11.3 Å². The van der Waals surface area contributed by atoms with Gasteiger partial charge in [-0.3, -0.25) is 9.69 Å². The fourth-order valence-corrected chi connectivity index (χ4v) is 4.57. The first kappa shape index (κ1) is 20.0. The molecule has 1 amide bonds. The molecule has 1 aromatic carbocycles. The van der Waals surface area contributed by atoms with Crippen molar-refractivity contribution in [3.63, 3.8) is 0 Å². The molecule has 1 aliphatic heterocycles. The van der Waals surface area contributed by atoms with Crippen LogP contribution in [0.2, 0.25) is 0 Å². The zero-order chi connectivity index (χ0) is 20.1. The summed E-state index contributed by atoms with van der Waals surface area (Å²) >= 11 is 0. The molecule has 6 heteroatoms. The lowest BCUT2D eigenvalue weighted by atomic mass is 9.89. The zero-order valence-electron chi connectivity index (χ0n) is 17.5. The van der Waals surface area contributed by atoms with Crippen LogP contribution in [0.5, 0.6) is 0 Å². The summed E-state index contributed by atoms with van der Waals surface area (Å²) in [6.07, 6.45) is 8.34. The lowest BCUT2D eigenvalue weighted by Crippen LogP contribution is -2.48. The van der Waals surface area contributed by atoms with E-state index in [1.807, 2.05) is 10.7 Å². The number of hydrogen-bond acceptors (Lipinski definition) is 4. The van der Waals surface area contributed by atoms with Crippen LogP contribution < -0.4 is 10.2 Å². The number of nitrogens with one attached hydrogen (secondary N) is 1. The maximum atomic E-state index is 12.6. The number of carbonyl (C=O) groups excluding carboxylic acids is 1. The lowest BCUT2D eigenvalue weighted by molar-refractivity contribution is -0.117. The molecule has 0 atom stereocenters. The number of hydrogen-bond donors (Lipinski definition) is 1. The van der Waals surface area contributed by atoms with Crippen LogP contribution in [0.15, 0.2) is 36.5 Å². The molecule has 1 aliphatic carbocycles. The summed E-state index contributed by atoms with van der Waals surface area (Å²) in [5.74, 6) is 1.58. The van der Waals surface area contributed by atoms with E-state index in [2.05, 4.69) is 51.4 Å². The van der Waals surface area contributed by atoms with Gasteiger partial charge in [-0.2, -0.15) is 5.10 Å². The second-order valence-electron chi connectivity index (χ2n) is 8.55. The summed E-state index contributed by atoms with van der Waals surface area (Å²) in [7, 11) is 0. The van der Waals surface area contributed by atoms with E-state index in [4.69, 9.17) is 0 Å². The van der Waals surface area contributed by atoms with Gasteiger partial charge in [-0.15, -0.1) is 0 Å². The number of aryl methyl sites for hydroxylation is 1. The second-order valence-corrected chi connectivity index (χ2v) is 8.55. The quantitative estimate of drug-likeness (QED) is 0.813. The van der Waals surface area contributed by atoms with Crippen LogP contribution in [-0.4, -0.2) is 53.3 Å². The summed E-state index contributed by atoms with van der Waals surface area (Å²) < 4.78 is 1.98. The summed E-state index contributed by atoms with van der Waals surface area (Å²) in [4.78, 5) is 17.3. The van der Waals surface area contributed by atoms with Crippen molar-refractivity contribution in [3.8, 4) is 0 Å². The highest BCUT2D eigenvalue weighted by atomic mass is 16.2. The molecule has 2 aliphatic rings. The second kappa shape index (κ2) is 9.44. The number of carbonyl (C=O) groups is 1. The molecule has 2 fully saturated rings. The van der Waals surface area contributed by atoms with E-state index < -0.39 is 0 Å². The molecule has 2 heterocycles. The number of benzene rings is 1. The summed E-state index contributed by atoms with van der Waals surface area (Å²) in [5.41, 5.74) is 2.56. The molecule has 0 bridgehead atoms. The fourth-order valence-electron chi connectivity index (χ4n) is 4.57. The van der Waals surface area contributed by atoms with E-state index >= 15 is 0 Å². The van der Waals surface area contributed by atoms with Gasteiger partial charge in [0.05, 0.1) is 12.7 Å². The van der Waals surface area contributed by atoms with E-state index in [0.717, 1.165) is 38.5 Å². The maximum absolute atomic E-state index is 12.6. The van der Waals surface area contributed by atoms with Crippen LogP contribution >= 0.6 is 0 Å². The number of piperazine rings is 1. The number of amides is 1. The third-order valence-corrected chi connectivity index (χ3v) is 6.25. The third-order valence-electron chi connectivity index (χ3n) is 6.25. The Morgan fingerprint density at radius 2 is 1.90 bits per heavy atom. The first-order valence-electron chi connectivity index (χ1n) is 11.0. The number of anilines is 2. The Hall–Kier alpha value is -2.34. The van der Waals surface area contributed by atoms with Crippen molar-refractivity contribution in [2.45, 2.75) is 45.6 Å². The molecular formula is C23H33N5O. The van der Waals surface area contributed by atoms with Gasteiger partial charge in [0.25, 0.3) is 0 Å². The highest BCUT2D eigenvalue weighted by molar-refractivity contribution is 5.91. The first-order chi connectivity index (χ1) is 14.2. The highest BCUT2D eigenvalue weighted by Crippen LogP contribution is 2.26. The molecule has 156 valence electrons. The molecule has 0 radical (unpaired) electrons. The van der Waals surface area contributed by atoms with Gasteiger partial charge >= 0.3 is 0 Å². The van der Waals surface area contributed by atoms with Crippen molar-refractivity contribution in [1.82, 2.24) is 14.7 Å². The topological polar surface area (TPSA) is 53.4 Å². The van der Waals surface area contributed by atoms with E-state index in [0.29, 0.717) is 12.5 Å². The van der Waals surface area contributed by atoms with E-state index in [9.17, 15) is 4.79 Å². The van der Waals surface area contributed by atoms with Gasteiger partial charge in [-0.25, -0.2) is 4.68 Å². The molecule has 1 N–H and O–H groups in total. The van der Waals surface area contributed by atoms with E-state index in [-0.39, 0.29) is 5.91 Å². The van der Waals surface area contributed by atoms with Gasteiger partial charge in [-0.05, 0) is 43.4 Å². The maximum Gasteiger partial charge on any atom is 0.239 e. The summed E-state index contributed by atoms with van der Waals surface area (Å²) in [6.45, 7) is 7.20. The fraction of sp³-hybridized carbons (Fsp3) is 0.565. The highest BCUT2D eigenvalue weighted by Gasteiger charge is 2.21. The molecule has 1 saturated carbocycles. The molecule has 1 aromatic heterocycles. The largest absolute Gasteiger partial charge is 0.369 e. The Kier molecular flexibility index (Phi) is 6.49. The van der Waals surface area contributed by atoms with E-state index in [1.165, 1.54) is 43.4 Å².